The SMILES string of the molecule is CC.CC(=N)c1cnc(-c2nn(PI)cc2[N+](=O)[O-])cc1NCC1(F)CC1. The first-order chi connectivity index (χ1) is 12.8. The Kier molecular flexibility index (Phi) is 7.21. The van der Waals surface area contributed by atoms with E-state index in [-0.39, 0.29) is 30.0 Å². The average Bonchev–Trinajstić information content (AvgIpc) is 3.23. The first-order valence-corrected chi connectivity index (χ1v) is 12.5. The second-order valence-electron chi connectivity index (χ2n) is 5.89. The van der Waals surface area contributed by atoms with Crippen LogP contribution in [0.2, 0.25) is 0 Å². The summed E-state index contributed by atoms with van der Waals surface area (Å²) in [7, 11) is 0. The molecule has 1 unspecified atom stereocenters. The van der Waals surface area contributed by atoms with E-state index < -0.39 is 10.6 Å². The monoisotopic (exact) mass is 506 g/mol. The normalized spacial score (nSPS) is 14.6. The molecule has 1 fully saturated rings. The first-order valence-electron chi connectivity index (χ1n) is 8.42. The molecule has 0 aromatic carbocycles. The van der Waals surface area contributed by atoms with Crippen molar-refractivity contribution in [1.29, 1.82) is 5.41 Å². The molecule has 11 heteroatoms. The van der Waals surface area contributed by atoms with Crippen LogP contribution in [0, 0.1) is 15.5 Å². The van der Waals surface area contributed by atoms with Crippen molar-refractivity contribution in [3.63, 3.8) is 0 Å². The highest BCUT2D eigenvalue weighted by Gasteiger charge is 2.43. The number of halogens is 2. The van der Waals surface area contributed by atoms with Gasteiger partial charge in [-0.15, -0.1) is 0 Å². The van der Waals surface area contributed by atoms with Crippen LogP contribution in [0.4, 0.5) is 15.8 Å². The predicted octanol–water partition coefficient (Wildman–Crippen LogP) is 4.97. The molecule has 0 bridgehead atoms. The predicted molar refractivity (Wildman–Crippen MR) is 115 cm³/mol. The molecule has 0 spiro atoms. The molecule has 2 N–H and O–H groups in total. The lowest BCUT2D eigenvalue weighted by Gasteiger charge is -2.13. The van der Waals surface area contributed by atoms with Crippen LogP contribution in [0.1, 0.15) is 39.2 Å². The lowest BCUT2D eigenvalue weighted by atomic mass is 10.1. The summed E-state index contributed by atoms with van der Waals surface area (Å²) < 4.78 is 15.4. The molecule has 0 amide bonds. The van der Waals surface area contributed by atoms with E-state index in [9.17, 15) is 14.5 Å². The largest absolute Gasteiger partial charge is 0.381 e. The van der Waals surface area contributed by atoms with Crippen LogP contribution < -0.4 is 5.32 Å². The molecule has 0 aliphatic heterocycles. The molecule has 2 aromatic rings. The van der Waals surface area contributed by atoms with Gasteiger partial charge in [0.2, 0.25) is 0 Å². The van der Waals surface area contributed by atoms with E-state index in [0.29, 0.717) is 29.8 Å². The van der Waals surface area contributed by atoms with Crippen molar-refractivity contribution < 1.29 is 9.31 Å². The molecule has 2 aromatic heterocycles. The third-order valence-electron chi connectivity index (χ3n) is 3.92. The summed E-state index contributed by atoms with van der Waals surface area (Å²) in [4.78, 5) is 15.0. The number of aromatic nitrogens is 3. The number of pyridine rings is 1. The molecule has 8 nitrogen and oxygen atoms in total. The van der Waals surface area contributed by atoms with Gasteiger partial charge in [0, 0.05) is 29.7 Å². The summed E-state index contributed by atoms with van der Waals surface area (Å²) in [6.07, 6.45) is 4.09. The maximum absolute atomic E-state index is 13.9. The fourth-order valence-electron chi connectivity index (χ4n) is 2.32. The van der Waals surface area contributed by atoms with Gasteiger partial charge in [-0.1, -0.05) is 13.8 Å². The minimum Gasteiger partial charge on any atom is -0.381 e. The van der Waals surface area contributed by atoms with Crippen molar-refractivity contribution in [3.8, 4) is 11.4 Å². The Balaban J connectivity index is 0.00000126. The van der Waals surface area contributed by atoms with Crippen LogP contribution in [0.5, 0.6) is 0 Å². The summed E-state index contributed by atoms with van der Waals surface area (Å²) >= 11 is 2.08. The van der Waals surface area contributed by atoms with Crippen LogP contribution in [0.15, 0.2) is 18.5 Å². The Bertz CT molecular complexity index is 855. The third kappa shape index (κ3) is 5.19. The second-order valence-corrected chi connectivity index (χ2v) is 7.97. The summed E-state index contributed by atoms with van der Waals surface area (Å²) in [5.41, 5.74) is 0.481. The Labute approximate surface area is 171 Å². The van der Waals surface area contributed by atoms with Crippen molar-refractivity contribution in [2.75, 3.05) is 11.9 Å². The lowest BCUT2D eigenvalue weighted by molar-refractivity contribution is -0.384. The maximum atomic E-state index is 13.9. The lowest BCUT2D eigenvalue weighted by Crippen LogP contribution is -2.17. The molecule has 27 heavy (non-hydrogen) atoms. The number of nitro groups is 1. The summed E-state index contributed by atoms with van der Waals surface area (Å²) in [5, 5.41) is 26.4. The first kappa shape index (κ1) is 21.6. The number of hydrogen-bond acceptors (Lipinski definition) is 6. The van der Waals surface area contributed by atoms with Crippen LogP contribution in [0.25, 0.3) is 11.4 Å². The molecule has 0 radical (unpaired) electrons. The van der Waals surface area contributed by atoms with E-state index in [1.807, 2.05) is 13.8 Å². The quantitative estimate of drug-likeness (QED) is 0.181. The molecule has 146 valence electrons. The van der Waals surface area contributed by atoms with E-state index in [0.717, 1.165) is 0 Å². The zero-order chi connectivity index (χ0) is 20.2. The van der Waals surface area contributed by atoms with Gasteiger partial charge in [-0.2, -0.15) is 5.10 Å². The van der Waals surface area contributed by atoms with Gasteiger partial charge in [0.1, 0.15) is 11.9 Å². The molecule has 1 saturated carbocycles. The van der Waals surface area contributed by atoms with Gasteiger partial charge < -0.3 is 10.7 Å². The second kappa shape index (κ2) is 9.01. The summed E-state index contributed by atoms with van der Waals surface area (Å²) in [6.45, 7) is 5.75. The van der Waals surface area contributed by atoms with Gasteiger partial charge in [-0.25, -0.2) is 8.84 Å². The van der Waals surface area contributed by atoms with Crippen LogP contribution in [0.3, 0.4) is 0 Å². The fourth-order valence-corrected chi connectivity index (χ4v) is 3.37. The Morgan fingerprint density at radius 3 is 2.74 bits per heavy atom. The van der Waals surface area contributed by atoms with E-state index in [2.05, 4.69) is 37.4 Å². The van der Waals surface area contributed by atoms with Gasteiger partial charge >= 0.3 is 5.69 Å². The molecule has 3 rings (SSSR count). The topological polar surface area (TPSA) is 110 Å². The van der Waals surface area contributed by atoms with Gasteiger partial charge in [-0.3, -0.25) is 15.1 Å². The minimum atomic E-state index is -1.20. The van der Waals surface area contributed by atoms with Crippen LogP contribution in [-0.2, 0) is 0 Å². The van der Waals surface area contributed by atoms with Crippen molar-refractivity contribution in [3.05, 3.63) is 34.1 Å². The highest BCUT2D eigenvalue weighted by atomic mass is 127. The average molecular weight is 506 g/mol. The molecular weight excluding hydrogens is 485 g/mol. The third-order valence-corrected chi connectivity index (χ3v) is 5.80. The van der Waals surface area contributed by atoms with E-state index >= 15 is 0 Å². The number of anilines is 1. The van der Waals surface area contributed by atoms with E-state index in [1.54, 1.807) is 13.0 Å². The number of nitrogens with zero attached hydrogens (tertiary/aromatic N) is 4. The zero-order valence-corrected chi connectivity index (χ0v) is 18.4. The van der Waals surface area contributed by atoms with Gasteiger partial charge in [0.15, 0.2) is 5.69 Å². The Hall–Kier alpha value is -1.68. The molecule has 0 saturated heterocycles. The van der Waals surface area contributed by atoms with Gasteiger partial charge in [0.05, 0.1) is 17.0 Å². The smallest absolute Gasteiger partial charge is 0.316 e. The van der Waals surface area contributed by atoms with Crippen LogP contribution in [-0.4, -0.2) is 37.4 Å². The maximum Gasteiger partial charge on any atom is 0.316 e. The van der Waals surface area contributed by atoms with Crippen molar-refractivity contribution >= 4 is 45.5 Å². The molecular formula is C16H21FIN6O2P. The Morgan fingerprint density at radius 2 is 2.22 bits per heavy atom. The number of hydrogen-bond donors (Lipinski definition) is 2. The highest BCUT2D eigenvalue weighted by molar-refractivity contribution is 14.2. The standard InChI is InChI=1S/C14H15FIN6O2P.C2H6/c1-8(17)9-5-18-11(4-10(9)19-7-14(15)2-3-14)13-12(22(23)24)6-21(20-13)25-16;1-2/h4-6,17,25H,2-3,7H2,1H3,(H,18,19);1-2H3. The van der Waals surface area contributed by atoms with E-state index in [4.69, 9.17) is 5.41 Å². The molecule has 1 aliphatic rings. The molecule has 1 atom stereocenters. The van der Waals surface area contributed by atoms with Gasteiger partial charge in [0.25, 0.3) is 0 Å². The molecule has 2 heterocycles. The number of nitrogens with one attached hydrogen (secondary N) is 2. The number of rotatable bonds is 7. The van der Waals surface area contributed by atoms with Gasteiger partial charge in [-0.05, 0) is 47.9 Å². The summed E-state index contributed by atoms with van der Waals surface area (Å²) in [5.74, 6) is 0. The van der Waals surface area contributed by atoms with Crippen molar-refractivity contribution in [1.82, 2.24) is 14.5 Å². The van der Waals surface area contributed by atoms with Crippen LogP contribution >= 0.6 is 28.4 Å². The number of alkyl halides is 1. The van der Waals surface area contributed by atoms with Crippen molar-refractivity contribution in [2.24, 2.45) is 0 Å². The fraction of sp³-hybridized carbons (Fsp3) is 0.438. The zero-order valence-electron chi connectivity index (χ0n) is 15.2. The van der Waals surface area contributed by atoms with Crippen molar-refractivity contribution in [2.45, 2.75) is 39.3 Å². The molecule has 1 aliphatic carbocycles. The Morgan fingerprint density at radius 1 is 1.56 bits per heavy atom. The minimum absolute atomic E-state index is 0.133. The van der Waals surface area contributed by atoms with E-state index in [1.165, 1.54) is 16.8 Å². The summed E-state index contributed by atoms with van der Waals surface area (Å²) in [6, 6.07) is 1.59. The highest BCUT2D eigenvalue weighted by Crippen LogP contribution is 2.40.